The third kappa shape index (κ3) is 8.82. The molecule has 0 saturated carbocycles. The van der Waals surface area contributed by atoms with E-state index < -0.39 is 5.79 Å². The van der Waals surface area contributed by atoms with Crippen LogP contribution in [-0.2, 0) is 21.8 Å². The highest BCUT2D eigenvalue weighted by atomic mass is 35.5. The molecule has 0 radical (unpaired) electrons. The monoisotopic (exact) mass is 734 g/mol. The topological polar surface area (TPSA) is 76.0 Å². The van der Waals surface area contributed by atoms with E-state index in [0.717, 1.165) is 56.4 Å². The molecule has 2 saturated heterocycles. The summed E-state index contributed by atoms with van der Waals surface area (Å²) in [4.78, 5) is 8.96. The van der Waals surface area contributed by atoms with E-state index in [4.69, 9.17) is 72.8 Å². The van der Waals surface area contributed by atoms with Crippen molar-refractivity contribution >= 4 is 75.1 Å². The standard InChI is InChI=1S/C33H34Cl4N6O3S/c34-23-1-7-28(29(36)17-23)33(21-42-11-9-38-22-42)45-20-27(46-33)19-44-26-5-3-25(4-6-26)43-15-13-41(14-16-43)12-10-39-32(47)40-31-8-2-24(35)18-30(31)37/h1-9,11,17-18,22,27H,10,12-16,19-21H2,(H2,39,40,47)/t27-,33-/m1/s1. The van der Waals surface area contributed by atoms with Gasteiger partial charge in [0.1, 0.15) is 18.5 Å². The van der Waals surface area contributed by atoms with Crippen LogP contribution >= 0.6 is 58.6 Å². The fourth-order valence-electron chi connectivity index (χ4n) is 5.63. The van der Waals surface area contributed by atoms with Gasteiger partial charge in [-0.1, -0.05) is 52.5 Å². The van der Waals surface area contributed by atoms with E-state index in [0.29, 0.717) is 50.5 Å². The summed E-state index contributed by atoms with van der Waals surface area (Å²) in [6.07, 6.45) is 4.99. The quantitative estimate of drug-likeness (QED) is 0.159. The molecule has 1 aromatic heterocycles. The van der Waals surface area contributed by atoms with Crippen molar-refractivity contribution in [3.63, 3.8) is 0 Å². The number of ether oxygens (including phenoxy) is 3. The summed E-state index contributed by atoms with van der Waals surface area (Å²) >= 11 is 30.4. The van der Waals surface area contributed by atoms with E-state index in [1.165, 1.54) is 0 Å². The van der Waals surface area contributed by atoms with Gasteiger partial charge in [0.2, 0.25) is 5.79 Å². The van der Waals surface area contributed by atoms with Crippen molar-refractivity contribution < 1.29 is 14.2 Å². The van der Waals surface area contributed by atoms with Gasteiger partial charge in [0.15, 0.2) is 5.11 Å². The van der Waals surface area contributed by atoms with Crippen molar-refractivity contribution in [2.45, 2.75) is 18.4 Å². The maximum absolute atomic E-state index is 6.59. The highest BCUT2D eigenvalue weighted by Gasteiger charge is 2.45. The minimum Gasteiger partial charge on any atom is -0.491 e. The smallest absolute Gasteiger partial charge is 0.215 e. The van der Waals surface area contributed by atoms with Crippen LogP contribution in [0.5, 0.6) is 5.75 Å². The molecule has 248 valence electrons. The second kappa shape index (κ2) is 15.6. The van der Waals surface area contributed by atoms with Crippen LogP contribution in [0.15, 0.2) is 79.4 Å². The van der Waals surface area contributed by atoms with Crippen LogP contribution in [0.4, 0.5) is 11.4 Å². The number of hydrogen-bond acceptors (Lipinski definition) is 7. The van der Waals surface area contributed by atoms with Crippen molar-refractivity contribution in [2.75, 3.05) is 62.7 Å². The van der Waals surface area contributed by atoms with E-state index in [9.17, 15) is 0 Å². The second-order valence-electron chi connectivity index (χ2n) is 11.3. The van der Waals surface area contributed by atoms with Crippen LogP contribution in [0, 0.1) is 0 Å². The van der Waals surface area contributed by atoms with E-state index in [2.05, 4.69) is 37.6 Å². The second-order valence-corrected chi connectivity index (χ2v) is 13.4. The normalized spacial score (nSPS) is 19.9. The fourth-order valence-corrected chi connectivity index (χ4v) is 6.85. The van der Waals surface area contributed by atoms with Crippen molar-refractivity contribution in [1.29, 1.82) is 0 Å². The maximum Gasteiger partial charge on any atom is 0.215 e. The average molecular weight is 737 g/mol. The number of hydrogen-bond donors (Lipinski definition) is 2. The average Bonchev–Trinajstić information content (AvgIpc) is 3.72. The molecule has 3 aromatic carbocycles. The Balaban J connectivity index is 0.946. The molecule has 4 aromatic rings. The van der Waals surface area contributed by atoms with Gasteiger partial charge in [-0.2, -0.15) is 0 Å². The van der Waals surface area contributed by atoms with Gasteiger partial charge in [0, 0.05) is 73.0 Å². The molecule has 0 bridgehead atoms. The van der Waals surface area contributed by atoms with Gasteiger partial charge < -0.3 is 34.3 Å². The third-order valence-electron chi connectivity index (χ3n) is 8.05. The van der Waals surface area contributed by atoms with Gasteiger partial charge in [-0.25, -0.2) is 4.98 Å². The summed E-state index contributed by atoms with van der Waals surface area (Å²) in [5.74, 6) is -0.324. The summed E-state index contributed by atoms with van der Waals surface area (Å²) < 4.78 is 20.8. The lowest BCUT2D eigenvalue weighted by Gasteiger charge is -2.36. The van der Waals surface area contributed by atoms with Crippen molar-refractivity contribution in [3.05, 3.63) is 105 Å². The van der Waals surface area contributed by atoms with Crippen LogP contribution in [-0.4, -0.2) is 78.1 Å². The lowest BCUT2D eigenvalue weighted by Crippen LogP contribution is -2.48. The molecule has 0 unspecified atom stereocenters. The fraction of sp³-hybridized carbons (Fsp3) is 0.333. The van der Waals surface area contributed by atoms with Gasteiger partial charge in [0.05, 0.1) is 35.2 Å². The zero-order valence-corrected chi connectivity index (χ0v) is 29.2. The third-order valence-corrected chi connectivity index (χ3v) is 9.40. The Hall–Kier alpha value is -2.80. The SMILES string of the molecule is S=C(NCCN1CCN(c2ccc(OC[C@@H]3CO[C@@](Cn4ccnc4)(c4ccc(Cl)cc4Cl)O3)cc2)CC1)Nc1ccc(Cl)cc1Cl. The first-order valence-corrected chi connectivity index (χ1v) is 17.1. The number of aromatic nitrogens is 2. The number of nitrogens with one attached hydrogen (secondary N) is 2. The lowest BCUT2D eigenvalue weighted by atomic mass is 10.1. The Bertz CT molecular complexity index is 1660. The van der Waals surface area contributed by atoms with Gasteiger partial charge in [-0.3, -0.25) is 4.90 Å². The molecular weight excluding hydrogens is 702 g/mol. The summed E-state index contributed by atoms with van der Waals surface area (Å²) in [5, 5.41) is 9.04. The summed E-state index contributed by atoms with van der Waals surface area (Å²) in [6, 6.07) is 18.8. The molecule has 0 amide bonds. The van der Waals surface area contributed by atoms with Crippen LogP contribution < -0.4 is 20.3 Å². The molecule has 0 spiro atoms. The molecule has 0 aliphatic carbocycles. The van der Waals surface area contributed by atoms with Crippen LogP contribution in [0.2, 0.25) is 20.1 Å². The molecule has 2 N–H and O–H groups in total. The molecule has 2 fully saturated rings. The lowest BCUT2D eigenvalue weighted by molar-refractivity contribution is -0.189. The number of halogens is 4. The summed E-state index contributed by atoms with van der Waals surface area (Å²) in [7, 11) is 0. The molecule has 47 heavy (non-hydrogen) atoms. The summed E-state index contributed by atoms with van der Waals surface area (Å²) in [5.41, 5.74) is 2.60. The van der Waals surface area contributed by atoms with Crippen LogP contribution in [0.1, 0.15) is 5.56 Å². The Morgan fingerprint density at radius 1 is 0.957 bits per heavy atom. The molecule has 6 rings (SSSR count). The molecule has 2 aliphatic heterocycles. The van der Waals surface area contributed by atoms with Gasteiger partial charge in [-0.05, 0) is 66.8 Å². The zero-order valence-electron chi connectivity index (χ0n) is 25.4. The molecule has 2 aliphatic rings. The van der Waals surface area contributed by atoms with E-state index in [-0.39, 0.29) is 6.10 Å². The minimum atomic E-state index is -1.09. The molecule has 14 heteroatoms. The zero-order chi connectivity index (χ0) is 32.8. The van der Waals surface area contributed by atoms with Gasteiger partial charge >= 0.3 is 0 Å². The number of imidazole rings is 1. The Morgan fingerprint density at radius 2 is 1.70 bits per heavy atom. The number of rotatable bonds is 11. The number of anilines is 2. The van der Waals surface area contributed by atoms with E-state index in [1.54, 1.807) is 36.8 Å². The number of thiocarbonyl (C=S) groups is 1. The first-order valence-electron chi connectivity index (χ1n) is 15.2. The molecule has 9 nitrogen and oxygen atoms in total. The first kappa shape index (κ1) is 34.1. The predicted octanol–water partition coefficient (Wildman–Crippen LogP) is 6.95. The van der Waals surface area contributed by atoms with E-state index in [1.807, 2.05) is 35.0 Å². The first-order chi connectivity index (χ1) is 22.8. The molecular formula is C33H34Cl4N6O3S. The largest absolute Gasteiger partial charge is 0.491 e. The molecule has 2 atom stereocenters. The van der Waals surface area contributed by atoms with Crippen molar-refractivity contribution in [2.24, 2.45) is 0 Å². The van der Waals surface area contributed by atoms with E-state index >= 15 is 0 Å². The van der Waals surface area contributed by atoms with Crippen LogP contribution in [0.25, 0.3) is 0 Å². The highest BCUT2D eigenvalue weighted by molar-refractivity contribution is 7.80. The number of piperazine rings is 1. The van der Waals surface area contributed by atoms with Gasteiger partial charge in [0.25, 0.3) is 0 Å². The highest BCUT2D eigenvalue weighted by Crippen LogP contribution is 2.40. The van der Waals surface area contributed by atoms with Crippen LogP contribution in [0.3, 0.4) is 0 Å². The van der Waals surface area contributed by atoms with Gasteiger partial charge in [-0.15, -0.1) is 0 Å². The van der Waals surface area contributed by atoms with Crippen molar-refractivity contribution in [3.8, 4) is 5.75 Å². The summed E-state index contributed by atoms with van der Waals surface area (Å²) in [6.45, 7) is 6.47. The molecule has 3 heterocycles. The maximum atomic E-state index is 6.59. The number of nitrogens with zero attached hydrogens (tertiary/aromatic N) is 4. The number of benzene rings is 3. The Kier molecular flexibility index (Phi) is 11.3. The van der Waals surface area contributed by atoms with Crippen molar-refractivity contribution in [1.82, 2.24) is 19.8 Å². The minimum absolute atomic E-state index is 0.298. The Labute approximate surface area is 299 Å². The Morgan fingerprint density at radius 3 is 2.40 bits per heavy atom. The predicted molar refractivity (Wildman–Crippen MR) is 192 cm³/mol.